The van der Waals surface area contributed by atoms with Crippen LogP contribution in [0.5, 0.6) is 5.75 Å². The van der Waals surface area contributed by atoms with Crippen LogP contribution in [-0.2, 0) is 4.74 Å². The number of carbonyl (C=O) groups excluding carboxylic acids is 1. The molecule has 1 aromatic rings. The van der Waals surface area contributed by atoms with Crippen LogP contribution in [0.1, 0.15) is 12.8 Å². The zero-order chi connectivity index (χ0) is 13.7. The molecule has 0 saturated heterocycles. The Hall–Kier alpha value is -2.25. The molecule has 4 nitrogen and oxygen atoms in total. The van der Waals surface area contributed by atoms with Gasteiger partial charge in [0.15, 0.2) is 0 Å². The Morgan fingerprint density at radius 1 is 1.37 bits per heavy atom. The van der Waals surface area contributed by atoms with Crippen molar-refractivity contribution in [1.29, 1.82) is 0 Å². The van der Waals surface area contributed by atoms with Crippen molar-refractivity contribution in [2.24, 2.45) is 0 Å². The first-order valence-electron chi connectivity index (χ1n) is 5.96. The predicted molar refractivity (Wildman–Crippen MR) is 69.5 cm³/mol. The van der Waals surface area contributed by atoms with E-state index in [1.165, 1.54) is 0 Å². The summed E-state index contributed by atoms with van der Waals surface area (Å²) in [6, 6.07) is 8.63. The molecule has 1 aliphatic rings. The highest BCUT2D eigenvalue weighted by Crippen LogP contribution is 2.21. The van der Waals surface area contributed by atoms with Crippen LogP contribution in [0.4, 0.5) is 4.79 Å². The number of terminal acetylenes is 1. The first-order valence-corrected chi connectivity index (χ1v) is 5.96. The quantitative estimate of drug-likeness (QED) is 0.502. The molecule has 19 heavy (non-hydrogen) atoms. The normalized spacial score (nSPS) is 22.0. The molecule has 0 amide bonds. The standard InChI is InChI=1S/C15H14O4/c1-2-11-8-12(16)10-14(9-11)19-15(17)18-13-6-4-3-5-7-13/h1,3-7,9,12,14,16H,8,10H2/t12-,14+/m0/s1. The molecule has 0 radical (unpaired) electrons. The zero-order valence-electron chi connectivity index (χ0n) is 10.3. The van der Waals surface area contributed by atoms with Crippen molar-refractivity contribution in [2.45, 2.75) is 25.0 Å². The molecule has 1 N–H and O–H groups in total. The SMILES string of the molecule is C#CC1=C[C@@H](OC(=O)Oc2ccccc2)C[C@@H](O)C1. The number of aliphatic hydroxyl groups excluding tert-OH is 1. The van der Waals surface area contributed by atoms with E-state index < -0.39 is 18.4 Å². The highest BCUT2D eigenvalue weighted by Gasteiger charge is 2.23. The maximum atomic E-state index is 11.6. The second-order valence-corrected chi connectivity index (χ2v) is 4.25. The van der Waals surface area contributed by atoms with Gasteiger partial charge in [-0.2, -0.15) is 0 Å². The molecule has 98 valence electrons. The number of para-hydroxylation sites is 1. The lowest BCUT2D eigenvalue weighted by atomic mass is 9.95. The lowest BCUT2D eigenvalue weighted by molar-refractivity contribution is 0.0436. The predicted octanol–water partition coefficient (Wildman–Crippen LogP) is 2.28. The topological polar surface area (TPSA) is 55.8 Å². The van der Waals surface area contributed by atoms with Crippen LogP contribution in [0.15, 0.2) is 42.0 Å². The molecule has 1 aromatic carbocycles. The van der Waals surface area contributed by atoms with Crippen LogP contribution in [0.2, 0.25) is 0 Å². The minimum atomic E-state index is -0.807. The summed E-state index contributed by atoms with van der Waals surface area (Å²) in [5, 5.41) is 9.62. The van der Waals surface area contributed by atoms with Crippen LogP contribution < -0.4 is 4.74 Å². The molecule has 4 heteroatoms. The maximum absolute atomic E-state index is 11.6. The van der Waals surface area contributed by atoms with Gasteiger partial charge in [-0.05, 0) is 18.2 Å². The second kappa shape index (κ2) is 6.07. The van der Waals surface area contributed by atoms with Gasteiger partial charge >= 0.3 is 6.16 Å². The summed E-state index contributed by atoms with van der Waals surface area (Å²) in [5.74, 6) is 2.86. The molecule has 0 aliphatic heterocycles. The van der Waals surface area contributed by atoms with E-state index in [1.807, 2.05) is 6.07 Å². The monoisotopic (exact) mass is 258 g/mol. The molecule has 0 unspecified atom stereocenters. The summed E-state index contributed by atoms with van der Waals surface area (Å²) in [6.07, 6.45) is 5.75. The summed E-state index contributed by atoms with van der Waals surface area (Å²) < 4.78 is 10.1. The highest BCUT2D eigenvalue weighted by molar-refractivity contribution is 5.64. The van der Waals surface area contributed by atoms with Gasteiger partial charge in [0.2, 0.25) is 0 Å². The smallest absolute Gasteiger partial charge is 0.426 e. The van der Waals surface area contributed by atoms with Gasteiger partial charge in [0.1, 0.15) is 11.9 Å². The maximum Gasteiger partial charge on any atom is 0.514 e. The molecular weight excluding hydrogens is 244 g/mol. The van der Waals surface area contributed by atoms with Crippen molar-refractivity contribution >= 4 is 6.16 Å². The van der Waals surface area contributed by atoms with Crippen molar-refractivity contribution in [3.63, 3.8) is 0 Å². The third-order valence-corrected chi connectivity index (χ3v) is 2.72. The van der Waals surface area contributed by atoms with Crippen LogP contribution >= 0.6 is 0 Å². The molecular formula is C15H14O4. The molecule has 2 atom stereocenters. The van der Waals surface area contributed by atoms with Crippen molar-refractivity contribution in [1.82, 2.24) is 0 Å². The van der Waals surface area contributed by atoms with E-state index in [4.69, 9.17) is 15.9 Å². The van der Waals surface area contributed by atoms with E-state index in [9.17, 15) is 9.90 Å². The Labute approximate surface area is 111 Å². The second-order valence-electron chi connectivity index (χ2n) is 4.25. The Kier molecular flexibility index (Phi) is 4.22. The number of rotatable bonds is 2. The third kappa shape index (κ3) is 3.87. The lowest BCUT2D eigenvalue weighted by Gasteiger charge is -2.22. The van der Waals surface area contributed by atoms with Crippen LogP contribution in [0.3, 0.4) is 0 Å². The van der Waals surface area contributed by atoms with Crippen molar-refractivity contribution in [2.75, 3.05) is 0 Å². The van der Waals surface area contributed by atoms with Crippen LogP contribution in [-0.4, -0.2) is 23.5 Å². The minimum Gasteiger partial charge on any atom is -0.426 e. The Morgan fingerprint density at radius 3 is 2.79 bits per heavy atom. The zero-order valence-corrected chi connectivity index (χ0v) is 10.3. The first kappa shape index (κ1) is 13.2. The average Bonchev–Trinajstić information content (AvgIpc) is 2.38. The Balaban J connectivity index is 1.94. The van der Waals surface area contributed by atoms with E-state index in [0.717, 1.165) is 0 Å². The van der Waals surface area contributed by atoms with Crippen LogP contribution in [0.25, 0.3) is 0 Å². The molecule has 0 heterocycles. The van der Waals surface area contributed by atoms with E-state index in [2.05, 4.69) is 5.92 Å². The first-order chi connectivity index (χ1) is 9.17. The van der Waals surface area contributed by atoms with Gasteiger partial charge in [-0.3, -0.25) is 0 Å². The fourth-order valence-electron chi connectivity index (χ4n) is 1.89. The molecule has 0 spiro atoms. The van der Waals surface area contributed by atoms with Gasteiger partial charge in [0.05, 0.1) is 6.10 Å². The van der Waals surface area contributed by atoms with E-state index in [0.29, 0.717) is 24.2 Å². The van der Waals surface area contributed by atoms with Crippen molar-refractivity contribution in [3.05, 3.63) is 42.0 Å². The summed E-state index contributed by atoms with van der Waals surface area (Å²) >= 11 is 0. The fraction of sp³-hybridized carbons (Fsp3) is 0.267. The third-order valence-electron chi connectivity index (χ3n) is 2.72. The molecule has 0 fully saturated rings. The Morgan fingerprint density at radius 2 is 2.11 bits per heavy atom. The number of hydrogen-bond acceptors (Lipinski definition) is 4. The number of hydrogen-bond donors (Lipinski definition) is 1. The lowest BCUT2D eigenvalue weighted by Crippen LogP contribution is -2.27. The van der Waals surface area contributed by atoms with Gasteiger partial charge in [-0.15, -0.1) is 6.42 Å². The van der Waals surface area contributed by atoms with Gasteiger partial charge in [0.25, 0.3) is 0 Å². The average molecular weight is 258 g/mol. The summed E-state index contributed by atoms with van der Waals surface area (Å²) in [6.45, 7) is 0. The Bertz CT molecular complexity index is 513. The number of ether oxygens (including phenoxy) is 2. The van der Waals surface area contributed by atoms with E-state index in [-0.39, 0.29) is 0 Å². The molecule has 0 bridgehead atoms. The van der Waals surface area contributed by atoms with Crippen LogP contribution in [0, 0.1) is 12.3 Å². The summed E-state index contributed by atoms with van der Waals surface area (Å²) in [5.41, 5.74) is 0.635. The fourth-order valence-corrected chi connectivity index (χ4v) is 1.89. The van der Waals surface area contributed by atoms with E-state index >= 15 is 0 Å². The van der Waals surface area contributed by atoms with Crippen molar-refractivity contribution in [3.8, 4) is 18.1 Å². The van der Waals surface area contributed by atoms with Gasteiger partial charge in [-0.1, -0.05) is 24.1 Å². The molecule has 0 aromatic heterocycles. The molecule has 2 rings (SSSR count). The van der Waals surface area contributed by atoms with Gasteiger partial charge < -0.3 is 14.6 Å². The number of benzene rings is 1. The summed E-state index contributed by atoms with van der Waals surface area (Å²) in [4.78, 5) is 11.6. The largest absolute Gasteiger partial charge is 0.514 e. The van der Waals surface area contributed by atoms with Crippen molar-refractivity contribution < 1.29 is 19.4 Å². The van der Waals surface area contributed by atoms with Gasteiger partial charge in [-0.25, -0.2) is 4.79 Å². The van der Waals surface area contributed by atoms with E-state index in [1.54, 1.807) is 30.3 Å². The number of aliphatic hydroxyl groups is 1. The molecule has 1 aliphatic carbocycles. The number of carbonyl (C=O) groups is 1. The minimum absolute atomic E-state index is 0.328. The van der Waals surface area contributed by atoms with Gasteiger partial charge in [0, 0.05) is 18.4 Å². The molecule has 0 saturated carbocycles. The summed E-state index contributed by atoms with van der Waals surface area (Å²) in [7, 11) is 0. The highest BCUT2D eigenvalue weighted by atomic mass is 16.7.